The molecule has 0 bridgehead atoms. The van der Waals surface area contributed by atoms with E-state index in [1.807, 2.05) is 24.3 Å². The molecule has 0 aliphatic carbocycles. The molecular weight excluding hydrogens is 242 g/mol. The molecule has 1 aliphatic heterocycles. The molecule has 0 amide bonds. The van der Waals surface area contributed by atoms with Gasteiger partial charge in [0.25, 0.3) is 0 Å². The highest BCUT2D eigenvalue weighted by molar-refractivity contribution is 5.85. The van der Waals surface area contributed by atoms with Gasteiger partial charge in [0.05, 0.1) is 6.10 Å². The normalized spacial score (nSPS) is 20.8. The topological polar surface area (TPSA) is 60.8 Å². The van der Waals surface area contributed by atoms with Crippen molar-refractivity contribution in [2.75, 3.05) is 13.1 Å². The van der Waals surface area contributed by atoms with Gasteiger partial charge in [-0.05, 0) is 36.6 Å². The van der Waals surface area contributed by atoms with Gasteiger partial charge >= 0.3 is 5.97 Å². The minimum Gasteiger partial charge on any atom is -0.478 e. The van der Waals surface area contributed by atoms with Crippen LogP contribution in [-0.4, -0.2) is 40.3 Å². The summed E-state index contributed by atoms with van der Waals surface area (Å²) in [4.78, 5) is 12.7. The first-order chi connectivity index (χ1) is 9.13. The van der Waals surface area contributed by atoms with Crippen LogP contribution in [0.3, 0.4) is 0 Å². The maximum atomic E-state index is 10.5. The summed E-state index contributed by atoms with van der Waals surface area (Å²) in [6, 6.07) is 7.82. The van der Waals surface area contributed by atoms with Gasteiger partial charge in [-0.1, -0.05) is 24.3 Å². The lowest BCUT2D eigenvalue weighted by molar-refractivity contribution is -0.131. The van der Waals surface area contributed by atoms with Crippen LogP contribution < -0.4 is 0 Å². The van der Waals surface area contributed by atoms with E-state index in [0.29, 0.717) is 0 Å². The second-order valence-corrected chi connectivity index (χ2v) is 4.95. The van der Waals surface area contributed by atoms with Crippen molar-refractivity contribution in [3.8, 4) is 0 Å². The van der Waals surface area contributed by atoms with Gasteiger partial charge in [-0.25, -0.2) is 4.79 Å². The number of nitrogens with zero attached hydrogens (tertiary/aromatic N) is 1. The lowest BCUT2D eigenvalue weighted by Crippen LogP contribution is -2.37. The molecule has 1 atom stereocenters. The number of piperidine rings is 1. The molecular formula is C15H19NO3. The Kier molecular flexibility index (Phi) is 4.71. The molecule has 4 nitrogen and oxygen atoms in total. The largest absolute Gasteiger partial charge is 0.478 e. The van der Waals surface area contributed by atoms with Crippen LogP contribution in [-0.2, 0) is 11.3 Å². The fourth-order valence-electron chi connectivity index (χ4n) is 2.40. The number of likely N-dealkylation sites (tertiary alicyclic amines) is 1. The van der Waals surface area contributed by atoms with E-state index in [1.165, 1.54) is 0 Å². The summed E-state index contributed by atoms with van der Waals surface area (Å²) in [5.74, 6) is -0.940. The Morgan fingerprint density at radius 3 is 3.05 bits per heavy atom. The lowest BCUT2D eigenvalue weighted by atomic mass is 10.1. The molecule has 1 fully saturated rings. The van der Waals surface area contributed by atoms with Crippen LogP contribution in [0.1, 0.15) is 24.0 Å². The molecule has 0 aromatic heterocycles. The Morgan fingerprint density at radius 1 is 1.47 bits per heavy atom. The number of carboxylic acids is 1. The van der Waals surface area contributed by atoms with Crippen molar-refractivity contribution in [2.24, 2.45) is 0 Å². The first kappa shape index (κ1) is 13.8. The number of carboxylic acid groups (broad SMARTS) is 1. The third kappa shape index (κ3) is 4.50. The van der Waals surface area contributed by atoms with Crippen molar-refractivity contribution in [2.45, 2.75) is 25.5 Å². The standard InChI is InChI=1S/C15H19NO3/c17-14-5-2-8-16(11-14)10-13-4-1-3-12(9-13)6-7-15(18)19/h1,3-4,6-7,9,14,17H,2,5,8,10-11H2,(H,18,19)/b7-6+. The number of carbonyl (C=O) groups is 1. The third-order valence-corrected chi connectivity index (χ3v) is 3.26. The molecule has 19 heavy (non-hydrogen) atoms. The first-order valence-electron chi connectivity index (χ1n) is 6.54. The Labute approximate surface area is 113 Å². The number of benzene rings is 1. The molecule has 2 N–H and O–H groups in total. The van der Waals surface area contributed by atoms with Crippen LogP contribution >= 0.6 is 0 Å². The van der Waals surface area contributed by atoms with Gasteiger partial charge in [0.1, 0.15) is 0 Å². The van der Waals surface area contributed by atoms with Crippen LogP contribution in [0.4, 0.5) is 0 Å². The molecule has 1 aromatic carbocycles. The fraction of sp³-hybridized carbons (Fsp3) is 0.400. The van der Waals surface area contributed by atoms with E-state index in [4.69, 9.17) is 5.11 Å². The van der Waals surface area contributed by atoms with Gasteiger partial charge in [-0.15, -0.1) is 0 Å². The van der Waals surface area contributed by atoms with E-state index in [9.17, 15) is 9.90 Å². The summed E-state index contributed by atoms with van der Waals surface area (Å²) in [5.41, 5.74) is 2.03. The number of rotatable bonds is 4. The van der Waals surface area contributed by atoms with Crippen LogP contribution in [0.25, 0.3) is 6.08 Å². The fourth-order valence-corrected chi connectivity index (χ4v) is 2.40. The molecule has 102 valence electrons. The van der Waals surface area contributed by atoms with Crippen molar-refractivity contribution >= 4 is 12.0 Å². The van der Waals surface area contributed by atoms with Crippen LogP contribution in [0.15, 0.2) is 30.3 Å². The summed E-state index contributed by atoms with van der Waals surface area (Å²) in [7, 11) is 0. The molecule has 0 radical (unpaired) electrons. The molecule has 1 saturated heterocycles. The molecule has 2 rings (SSSR count). The molecule has 1 aliphatic rings. The summed E-state index contributed by atoms with van der Waals surface area (Å²) in [5, 5.41) is 18.3. The Hall–Kier alpha value is -1.65. The second kappa shape index (κ2) is 6.50. The molecule has 4 heteroatoms. The van der Waals surface area contributed by atoms with Crippen molar-refractivity contribution in [3.63, 3.8) is 0 Å². The quantitative estimate of drug-likeness (QED) is 0.810. The predicted molar refractivity (Wildman–Crippen MR) is 73.6 cm³/mol. The number of aliphatic hydroxyl groups excluding tert-OH is 1. The molecule has 1 heterocycles. The summed E-state index contributed by atoms with van der Waals surface area (Å²) >= 11 is 0. The van der Waals surface area contributed by atoms with Crippen molar-refractivity contribution in [3.05, 3.63) is 41.5 Å². The zero-order chi connectivity index (χ0) is 13.7. The van der Waals surface area contributed by atoms with Gasteiger partial charge in [-0.2, -0.15) is 0 Å². The monoisotopic (exact) mass is 261 g/mol. The highest BCUT2D eigenvalue weighted by atomic mass is 16.4. The summed E-state index contributed by atoms with van der Waals surface area (Å²) in [6.45, 7) is 2.52. The SMILES string of the molecule is O=C(O)/C=C/c1cccc(CN2CCCC(O)C2)c1. The Morgan fingerprint density at radius 2 is 2.32 bits per heavy atom. The van der Waals surface area contributed by atoms with Gasteiger partial charge in [0.2, 0.25) is 0 Å². The lowest BCUT2D eigenvalue weighted by Gasteiger charge is -2.30. The maximum absolute atomic E-state index is 10.5. The van der Waals surface area contributed by atoms with E-state index in [-0.39, 0.29) is 6.10 Å². The van der Waals surface area contributed by atoms with Gasteiger partial charge < -0.3 is 10.2 Å². The van der Waals surface area contributed by atoms with E-state index >= 15 is 0 Å². The van der Waals surface area contributed by atoms with Crippen molar-refractivity contribution < 1.29 is 15.0 Å². The first-order valence-corrected chi connectivity index (χ1v) is 6.54. The van der Waals surface area contributed by atoms with Crippen molar-refractivity contribution in [1.82, 2.24) is 4.90 Å². The Balaban J connectivity index is 2.00. The summed E-state index contributed by atoms with van der Waals surface area (Å²) < 4.78 is 0. The number of aliphatic carboxylic acids is 1. The molecule has 0 spiro atoms. The molecule has 0 saturated carbocycles. The third-order valence-electron chi connectivity index (χ3n) is 3.26. The average Bonchev–Trinajstić information content (AvgIpc) is 2.37. The number of hydrogen-bond donors (Lipinski definition) is 2. The predicted octanol–water partition coefficient (Wildman–Crippen LogP) is 1.74. The minimum absolute atomic E-state index is 0.219. The zero-order valence-electron chi connectivity index (χ0n) is 10.8. The highest BCUT2D eigenvalue weighted by Gasteiger charge is 2.17. The Bertz CT molecular complexity index is 470. The summed E-state index contributed by atoms with van der Waals surface area (Å²) in [6.07, 6.45) is 4.43. The maximum Gasteiger partial charge on any atom is 0.328 e. The van der Waals surface area contributed by atoms with Gasteiger partial charge in [0.15, 0.2) is 0 Å². The van der Waals surface area contributed by atoms with E-state index in [1.54, 1.807) is 6.08 Å². The van der Waals surface area contributed by atoms with E-state index in [0.717, 1.165) is 49.7 Å². The van der Waals surface area contributed by atoms with E-state index < -0.39 is 5.97 Å². The smallest absolute Gasteiger partial charge is 0.328 e. The highest BCUT2D eigenvalue weighted by Crippen LogP contribution is 2.15. The minimum atomic E-state index is -0.940. The van der Waals surface area contributed by atoms with E-state index in [2.05, 4.69) is 4.90 Å². The zero-order valence-corrected chi connectivity index (χ0v) is 10.8. The molecule has 1 unspecified atom stereocenters. The van der Waals surface area contributed by atoms with Crippen molar-refractivity contribution in [1.29, 1.82) is 0 Å². The van der Waals surface area contributed by atoms with Crippen LogP contribution in [0, 0.1) is 0 Å². The van der Waals surface area contributed by atoms with Crippen LogP contribution in [0.5, 0.6) is 0 Å². The van der Waals surface area contributed by atoms with Gasteiger partial charge in [-0.3, -0.25) is 4.90 Å². The number of aliphatic hydroxyl groups is 1. The number of hydrogen-bond acceptors (Lipinski definition) is 3. The molecule has 1 aromatic rings. The van der Waals surface area contributed by atoms with Gasteiger partial charge in [0, 0.05) is 19.2 Å². The number of β-amino-alcohol motifs (C(OH)–C–C–N with tert-alkyl or cyclic N) is 1. The van der Waals surface area contributed by atoms with Crippen LogP contribution in [0.2, 0.25) is 0 Å². The second-order valence-electron chi connectivity index (χ2n) is 4.95. The average molecular weight is 261 g/mol.